The Balaban J connectivity index is 2.09. The molecular weight excluding hydrogens is 392 g/mol. The molecule has 2 aliphatic rings. The Labute approximate surface area is 173 Å². The lowest BCUT2D eigenvalue weighted by Gasteiger charge is -2.48. The molecule has 0 aliphatic heterocycles. The summed E-state index contributed by atoms with van der Waals surface area (Å²) in [7, 11) is 0. The van der Waals surface area contributed by atoms with Crippen LogP contribution in [0.2, 0.25) is 0 Å². The van der Waals surface area contributed by atoms with Crippen LogP contribution in [0.4, 0.5) is 0 Å². The summed E-state index contributed by atoms with van der Waals surface area (Å²) in [5.41, 5.74) is 9.64. The highest BCUT2D eigenvalue weighted by Crippen LogP contribution is 2.54. The molecule has 0 unspecified atom stereocenters. The Morgan fingerprint density at radius 1 is 0.556 bits per heavy atom. The second-order valence-corrected chi connectivity index (χ2v) is 12.1. The smallest absolute Gasteiger partial charge is 0.0178 e. The van der Waals surface area contributed by atoms with Crippen LogP contribution in [0.25, 0.3) is 0 Å². The molecule has 4 rings (SSSR count). The number of rotatable bonds is 0. The van der Waals surface area contributed by atoms with Gasteiger partial charge in [-0.15, -0.1) is 0 Å². The van der Waals surface area contributed by atoms with Crippen molar-refractivity contribution in [1.82, 2.24) is 0 Å². The van der Waals surface area contributed by atoms with Gasteiger partial charge in [-0.25, -0.2) is 0 Å². The average Bonchev–Trinajstić information content (AvgIpc) is 2.57. The molecule has 27 heavy (non-hydrogen) atoms. The highest BCUT2D eigenvalue weighted by atomic mass is 79.9. The molecule has 0 saturated carbocycles. The van der Waals surface area contributed by atoms with E-state index < -0.39 is 0 Å². The van der Waals surface area contributed by atoms with Gasteiger partial charge in [-0.05, 0) is 69.2 Å². The average molecular weight is 425 g/mol. The lowest BCUT2D eigenvalue weighted by molar-refractivity contribution is 0.329. The van der Waals surface area contributed by atoms with Crippen molar-refractivity contribution in [1.29, 1.82) is 0 Å². The van der Waals surface area contributed by atoms with Crippen molar-refractivity contribution in [3.63, 3.8) is 0 Å². The summed E-state index contributed by atoms with van der Waals surface area (Å²) in [6.07, 6.45) is 2.52. The summed E-state index contributed by atoms with van der Waals surface area (Å²) in [6, 6.07) is 12.0. The molecule has 0 atom stereocenters. The van der Waals surface area contributed by atoms with Crippen LogP contribution in [0, 0.1) is 0 Å². The molecule has 0 heterocycles. The van der Waals surface area contributed by atoms with Crippen LogP contribution >= 0.6 is 15.9 Å². The van der Waals surface area contributed by atoms with Crippen molar-refractivity contribution in [2.75, 3.05) is 0 Å². The van der Waals surface area contributed by atoms with Gasteiger partial charge >= 0.3 is 0 Å². The normalized spacial score (nSPS) is 23.1. The summed E-state index contributed by atoms with van der Waals surface area (Å²) < 4.78 is 1.17. The number of fused-ring (bicyclic) bond motifs is 3. The lowest BCUT2D eigenvalue weighted by atomic mass is 9.56. The van der Waals surface area contributed by atoms with E-state index >= 15 is 0 Å². The fourth-order valence-electron chi connectivity index (χ4n) is 5.52. The van der Waals surface area contributed by atoms with Crippen LogP contribution in [-0.4, -0.2) is 0 Å². The topological polar surface area (TPSA) is 0 Å². The summed E-state index contributed by atoms with van der Waals surface area (Å²) >= 11 is 3.71. The number of benzene rings is 2. The predicted octanol–water partition coefficient (Wildman–Crippen LogP) is 7.76. The molecule has 0 radical (unpaired) electrons. The molecule has 0 N–H and O–H groups in total. The van der Waals surface area contributed by atoms with Crippen molar-refractivity contribution in [2.24, 2.45) is 0 Å². The van der Waals surface area contributed by atoms with E-state index in [1.807, 2.05) is 0 Å². The first-order valence-electron chi connectivity index (χ1n) is 10.3. The van der Waals surface area contributed by atoms with Gasteiger partial charge in [-0.2, -0.15) is 0 Å². The molecule has 0 amide bonds. The van der Waals surface area contributed by atoms with Crippen LogP contribution in [0.15, 0.2) is 34.8 Å². The van der Waals surface area contributed by atoms with Crippen molar-refractivity contribution < 1.29 is 0 Å². The first kappa shape index (κ1) is 19.2. The minimum atomic E-state index is 0.0106. The molecule has 2 aliphatic carbocycles. The third kappa shape index (κ3) is 2.60. The van der Waals surface area contributed by atoms with E-state index in [0.29, 0.717) is 0 Å². The van der Waals surface area contributed by atoms with Crippen LogP contribution in [0.5, 0.6) is 0 Å². The van der Waals surface area contributed by atoms with E-state index in [1.54, 1.807) is 11.1 Å². The van der Waals surface area contributed by atoms with Gasteiger partial charge in [0, 0.05) is 15.3 Å². The molecule has 0 aromatic heterocycles. The molecular formula is C26H33Br. The maximum Gasteiger partial charge on any atom is 0.0178 e. The fraction of sp³-hybridized carbons (Fsp3) is 0.538. The van der Waals surface area contributed by atoms with Gasteiger partial charge < -0.3 is 0 Å². The Morgan fingerprint density at radius 3 is 1.44 bits per heavy atom. The Hall–Kier alpha value is -1.08. The summed E-state index contributed by atoms with van der Waals surface area (Å²) in [6.45, 7) is 19.3. The zero-order valence-electron chi connectivity index (χ0n) is 18.2. The molecule has 0 fully saturated rings. The molecule has 2 aromatic carbocycles. The van der Waals surface area contributed by atoms with Gasteiger partial charge in [-0.3, -0.25) is 0 Å². The molecule has 1 heteroatoms. The van der Waals surface area contributed by atoms with Crippen LogP contribution < -0.4 is 0 Å². The van der Waals surface area contributed by atoms with E-state index in [1.165, 1.54) is 39.6 Å². The largest absolute Gasteiger partial charge is 0.0567 e. The molecule has 144 valence electrons. The predicted molar refractivity (Wildman–Crippen MR) is 120 cm³/mol. The number of hydrogen-bond acceptors (Lipinski definition) is 0. The minimum absolute atomic E-state index is 0.0106. The maximum absolute atomic E-state index is 3.71. The summed E-state index contributed by atoms with van der Waals surface area (Å²) in [5.74, 6) is 0. The summed E-state index contributed by atoms with van der Waals surface area (Å²) in [5, 5.41) is 0. The molecule has 0 nitrogen and oxygen atoms in total. The highest BCUT2D eigenvalue weighted by molar-refractivity contribution is 9.10. The van der Waals surface area contributed by atoms with Gasteiger partial charge in [0.1, 0.15) is 0 Å². The van der Waals surface area contributed by atoms with E-state index in [0.717, 1.165) is 0 Å². The third-order valence-corrected chi connectivity index (χ3v) is 8.16. The quantitative estimate of drug-likeness (QED) is 0.405. The number of halogens is 1. The van der Waals surface area contributed by atoms with Crippen molar-refractivity contribution in [3.8, 4) is 0 Å². The fourth-order valence-corrected chi connectivity index (χ4v) is 5.88. The van der Waals surface area contributed by atoms with E-state index in [2.05, 4.69) is 102 Å². The van der Waals surface area contributed by atoms with E-state index in [9.17, 15) is 0 Å². The highest BCUT2D eigenvalue weighted by Gasteiger charge is 2.45. The molecule has 2 aromatic rings. The monoisotopic (exact) mass is 424 g/mol. The first-order chi connectivity index (χ1) is 12.3. The standard InChI is InChI=1S/C26H33Br/c1-23(2)11-12-24(3,4)19-15-22-21(14-18(19)23)25(5,6)17-10-9-16(27)13-20(17)26(22,7)8/h9-10,13-15H,11-12H2,1-8H3. The SMILES string of the molecule is CC1(C)CCC(C)(C)c2cc3c(cc21)C(C)(C)c1ccc(Br)cc1C3(C)C. The van der Waals surface area contributed by atoms with Crippen molar-refractivity contribution in [3.05, 3.63) is 68.2 Å². The zero-order chi connectivity index (χ0) is 20.0. The van der Waals surface area contributed by atoms with Crippen LogP contribution in [-0.2, 0) is 21.7 Å². The van der Waals surface area contributed by atoms with Gasteiger partial charge in [0.15, 0.2) is 0 Å². The Kier molecular flexibility index (Phi) is 3.92. The Morgan fingerprint density at radius 2 is 0.963 bits per heavy atom. The van der Waals surface area contributed by atoms with Gasteiger partial charge in [-0.1, -0.05) is 89.5 Å². The second kappa shape index (κ2) is 5.50. The lowest BCUT2D eigenvalue weighted by Crippen LogP contribution is -2.40. The summed E-state index contributed by atoms with van der Waals surface area (Å²) in [4.78, 5) is 0. The maximum atomic E-state index is 3.71. The van der Waals surface area contributed by atoms with Crippen LogP contribution in [0.1, 0.15) is 102 Å². The van der Waals surface area contributed by atoms with E-state index in [4.69, 9.17) is 0 Å². The van der Waals surface area contributed by atoms with Crippen molar-refractivity contribution >= 4 is 15.9 Å². The van der Waals surface area contributed by atoms with Crippen molar-refractivity contribution in [2.45, 2.75) is 89.9 Å². The Bertz CT molecular complexity index is 941. The zero-order valence-corrected chi connectivity index (χ0v) is 19.8. The second-order valence-electron chi connectivity index (χ2n) is 11.2. The minimum Gasteiger partial charge on any atom is -0.0567 e. The molecule has 0 bridgehead atoms. The molecule has 0 spiro atoms. The van der Waals surface area contributed by atoms with Gasteiger partial charge in [0.05, 0.1) is 0 Å². The first-order valence-corrected chi connectivity index (χ1v) is 11.1. The van der Waals surface area contributed by atoms with E-state index in [-0.39, 0.29) is 21.7 Å². The van der Waals surface area contributed by atoms with Gasteiger partial charge in [0.25, 0.3) is 0 Å². The molecule has 0 saturated heterocycles. The van der Waals surface area contributed by atoms with Gasteiger partial charge in [0.2, 0.25) is 0 Å². The van der Waals surface area contributed by atoms with Crippen LogP contribution in [0.3, 0.4) is 0 Å². The number of hydrogen-bond donors (Lipinski definition) is 0. The third-order valence-electron chi connectivity index (χ3n) is 7.67.